The van der Waals surface area contributed by atoms with Gasteiger partial charge in [0.2, 0.25) is 0 Å². The summed E-state index contributed by atoms with van der Waals surface area (Å²) < 4.78 is 0. The van der Waals surface area contributed by atoms with E-state index in [-0.39, 0.29) is 5.43 Å². The van der Waals surface area contributed by atoms with Gasteiger partial charge in [0, 0.05) is 0 Å². The van der Waals surface area contributed by atoms with E-state index in [1.807, 2.05) is 12.2 Å². The van der Waals surface area contributed by atoms with Gasteiger partial charge in [0.15, 0.2) is 0 Å². The van der Waals surface area contributed by atoms with Gasteiger partial charge in [-0.15, -0.1) is 41.0 Å². The Bertz CT molecular complexity index is 668. The zero-order chi connectivity index (χ0) is 16.5. The quantitative estimate of drug-likeness (QED) is 0.326. The molecule has 1 aliphatic carbocycles. The molecule has 0 radical (unpaired) electrons. The third-order valence-corrected chi connectivity index (χ3v) is 22.8. The van der Waals surface area contributed by atoms with Crippen molar-refractivity contribution in [2.24, 2.45) is 0 Å². The van der Waals surface area contributed by atoms with Gasteiger partial charge in [-0.3, -0.25) is 6.08 Å². The maximum atomic E-state index is 5.62. The summed E-state index contributed by atoms with van der Waals surface area (Å²) in [7, 11) is 11.2. The van der Waals surface area contributed by atoms with Gasteiger partial charge in [-0.1, -0.05) is 18.6 Å². The Balaban J connectivity index is 0.000000187. The minimum Gasteiger partial charge on any atom is -0.273 e. The summed E-state index contributed by atoms with van der Waals surface area (Å²) in [5.41, 5.74) is 2.50. The van der Waals surface area contributed by atoms with Crippen molar-refractivity contribution in [2.75, 3.05) is 0 Å². The van der Waals surface area contributed by atoms with Crippen LogP contribution in [0.3, 0.4) is 0 Å². The van der Waals surface area contributed by atoms with Crippen molar-refractivity contribution in [3.63, 3.8) is 0 Å². The summed E-state index contributed by atoms with van der Waals surface area (Å²) in [6, 6.07) is 10.9. The van der Waals surface area contributed by atoms with Gasteiger partial charge in [0.1, 0.15) is 0 Å². The van der Waals surface area contributed by atoms with Crippen LogP contribution in [0.5, 0.6) is 0 Å². The van der Waals surface area contributed by atoms with E-state index < -0.39 is 18.0 Å². The smallest absolute Gasteiger partial charge is 0.0488 e. The van der Waals surface area contributed by atoms with Gasteiger partial charge < -0.3 is 0 Å². The first kappa shape index (κ1) is 20.0. The molecule has 0 unspecified atom stereocenters. The molecule has 0 spiro atoms. The molecule has 2 aromatic carbocycles. The monoisotopic (exact) mass is 426 g/mol. The maximum Gasteiger partial charge on any atom is -0.0488 e. The molecule has 0 amide bonds. The Morgan fingerprint density at radius 1 is 1.23 bits per heavy atom. The molecule has 0 N–H and O–H groups in total. The van der Waals surface area contributed by atoms with E-state index in [0.717, 1.165) is 6.42 Å². The van der Waals surface area contributed by atoms with Crippen LogP contribution in [0, 0.1) is 19.9 Å². The van der Waals surface area contributed by atoms with E-state index >= 15 is 0 Å². The Morgan fingerprint density at radius 3 is 2.32 bits per heavy atom. The molecule has 0 fully saturated rings. The summed E-state index contributed by atoms with van der Waals surface area (Å²) in [5, 5.41) is 2.76. The Hall–Kier alpha value is -0.01000. The molecule has 0 aliphatic heterocycles. The predicted octanol–water partition coefficient (Wildman–Crippen LogP) is 6.64. The number of aryl methyl sites for hydroxylation is 2. The second-order valence-corrected chi connectivity index (χ2v) is 28.4. The number of allylic oxidation sites excluding steroid dienone is 4. The fourth-order valence-electron chi connectivity index (χ4n) is 1.88. The molecule has 0 heterocycles. The SMILES string of the molecule is C[Si](C)=[Zr]([Cl])[Cl].Cc1cc2c(C)cccc2[cH-]1.[C-]1=CC=CC1. The van der Waals surface area contributed by atoms with Crippen LogP contribution >= 0.6 is 17.0 Å². The second-order valence-electron chi connectivity index (χ2n) is 5.37. The average molecular weight is 429 g/mol. The number of hydrogen-bond donors (Lipinski definition) is 0. The van der Waals surface area contributed by atoms with Crippen LogP contribution in [-0.4, -0.2) is 5.43 Å². The molecule has 0 atom stereocenters. The van der Waals surface area contributed by atoms with Gasteiger partial charge in [-0.2, -0.15) is 12.1 Å². The minimum atomic E-state index is -1.65. The van der Waals surface area contributed by atoms with E-state index in [2.05, 4.69) is 69.4 Å². The molecule has 1 aliphatic rings. The Morgan fingerprint density at radius 2 is 1.91 bits per heavy atom. The molecule has 0 aromatic heterocycles. The summed E-state index contributed by atoms with van der Waals surface area (Å²) in [4.78, 5) is 0. The van der Waals surface area contributed by atoms with Crippen LogP contribution in [0.4, 0.5) is 0 Å². The second kappa shape index (κ2) is 10.7. The predicted molar refractivity (Wildman–Crippen MR) is 99.8 cm³/mol. The number of hydrogen-bond acceptors (Lipinski definition) is 0. The van der Waals surface area contributed by atoms with E-state index in [1.54, 1.807) is 0 Å². The van der Waals surface area contributed by atoms with Crippen LogP contribution in [0.2, 0.25) is 13.1 Å². The van der Waals surface area contributed by atoms with Crippen molar-refractivity contribution in [3.05, 3.63) is 65.8 Å². The summed E-state index contributed by atoms with van der Waals surface area (Å²) in [6.07, 6.45) is 10.0. The van der Waals surface area contributed by atoms with Crippen molar-refractivity contribution < 1.29 is 18.0 Å². The molecule has 0 bridgehead atoms. The molecular formula is C18H22Cl2SiZr-2. The fourth-order valence-corrected chi connectivity index (χ4v) is 1.88. The average Bonchev–Trinajstić information content (AvgIpc) is 3.11. The van der Waals surface area contributed by atoms with E-state index in [9.17, 15) is 0 Å². The van der Waals surface area contributed by atoms with Gasteiger partial charge >= 0.3 is 53.5 Å². The third-order valence-electron chi connectivity index (χ3n) is 3.08. The molecule has 22 heavy (non-hydrogen) atoms. The third kappa shape index (κ3) is 7.51. The topological polar surface area (TPSA) is 0 Å². The minimum absolute atomic E-state index is 0.224. The fraction of sp³-hybridized carbons (Fsp3) is 0.278. The van der Waals surface area contributed by atoms with Crippen molar-refractivity contribution in [3.8, 4) is 0 Å². The summed E-state index contributed by atoms with van der Waals surface area (Å²) >= 11 is -1.65. The molecule has 118 valence electrons. The molecule has 0 saturated carbocycles. The molecule has 3 rings (SSSR count). The molecule has 0 nitrogen and oxygen atoms in total. The van der Waals surface area contributed by atoms with Crippen molar-refractivity contribution in [1.82, 2.24) is 0 Å². The first-order valence-electron chi connectivity index (χ1n) is 7.24. The van der Waals surface area contributed by atoms with E-state index in [1.165, 1.54) is 21.9 Å². The summed E-state index contributed by atoms with van der Waals surface area (Å²) in [6.45, 7) is 8.63. The van der Waals surface area contributed by atoms with Crippen LogP contribution in [0.25, 0.3) is 10.8 Å². The standard InChI is InChI=1S/C11H11.C5H5.C2H6Si.2ClH.Zr/c1-8-6-10-5-3-4-9(2)11(10)7-8;1-2-4-5-3-1;1-3-2;;;/h3-7H,1-2H3;1-3H,4H2;1-2H3;2*1H;/q2*-1;;;;+2/p-2. The van der Waals surface area contributed by atoms with Crippen LogP contribution < -0.4 is 0 Å². The Labute approximate surface area is 149 Å². The maximum absolute atomic E-state index is 5.62. The normalized spacial score (nSPS) is 11.5. The van der Waals surface area contributed by atoms with E-state index in [0.29, 0.717) is 0 Å². The van der Waals surface area contributed by atoms with Crippen LogP contribution in [0.1, 0.15) is 17.5 Å². The number of halogens is 2. The first-order valence-corrected chi connectivity index (χ1v) is 19.8. The van der Waals surface area contributed by atoms with E-state index in [4.69, 9.17) is 17.0 Å². The Kier molecular flexibility index (Phi) is 9.75. The van der Waals surface area contributed by atoms with Crippen molar-refractivity contribution in [2.45, 2.75) is 33.4 Å². The van der Waals surface area contributed by atoms with Gasteiger partial charge in [-0.25, -0.2) is 12.2 Å². The van der Waals surface area contributed by atoms with Gasteiger partial charge in [0.05, 0.1) is 0 Å². The summed E-state index contributed by atoms with van der Waals surface area (Å²) in [5.74, 6) is 0. The molecular weight excluding hydrogens is 406 g/mol. The zero-order valence-electron chi connectivity index (χ0n) is 13.6. The molecule has 4 heteroatoms. The van der Waals surface area contributed by atoms with Crippen molar-refractivity contribution >= 4 is 33.2 Å². The zero-order valence-corrected chi connectivity index (χ0v) is 18.6. The van der Waals surface area contributed by atoms with Gasteiger partial charge in [-0.05, 0) is 6.92 Å². The largest absolute Gasteiger partial charge is 0.273 e. The van der Waals surface area contributed by atoms with Crippen LogP contribution in [0.15, 0.2) is 48.6 Å². The number of benzene rings is 1. The van der Waals surface area contributed by atoms with Gasteiger partial charge in [0.25, 0.3) is 0 Å². The molecule has 2 aromatic rings. The molecule has 0 saturated heterocycles. The number of rotatable bonds is 0. The number of fused-ring (bicyclic) bond motifs is 1. The van der Waals surface area contributed by atoms with Crippen LogP contribution in [-0.2, 0) is 18.0 Å². The first-order chi connectivity index (χ1) is 10.4. The van der Waals surface area contributed by atoms with Crippen molar-refractivity contribution in [1.29, 1.82) is 0 Å².